The molecule has 1 aliphatic heterocycles. The average Bonchev–Trinajstić information content (AvgIpc) is 2.38. The van der Waals surface area contributed by atoms with Gasteiger partial charge < -0.3 is 10.1 Å². The summed E-state index contributed by atoms with van der Waals surface area (Å²) in [7, 11) is 0. The number of piperidine rings is 1. The van der Waals surface area contributed by atoms with E-state index in [0.29, 0.717) is 22.9 Å². The van der Waals surface area contributed by atoms with Crippen molar-refractivity contribution in [2.75, 3.05) is 13.2 Å². The number of halogens is 2. The topological polar surface area (TPSA) is 64.4 Å². The highest BCUT2D eigenvalue weighted by Crippen LogP contribution is 2.29. The van der Waals surface area contributed by atoms with Crippen molar-refractivity contribution >= 4 is 34.0 Å². The molecule has 0 aromatic heterocycles. The Morgan fingerprint density at radius 1 is 1.47 bits per heavy atom. The van der Waals surface area contributed by atoms with E-state index in [1.807, 2.05) is 0 Å². The van der Waals surface area contributed by atoms with Crippen molar-refractivity contribution in [1.82, 2.24) is 5.32 Å². The Morgan fingerprint density at radius 2 is 2.26 bits per heavy atom. The van der Waals surface area contributed by atoms with E-state index < -0.39 is 4.92 Å². The van der Waals surface area contributed by atoms with Crippen LogP contribution < -0.4 is 10.1 Å². The van der Waals surface area contributed by atoms with Crippen LogP contribution in [0.2, 0.25) is 0 Å². The first-order valence-electron chi connectivity index (χ1n) is 5.97. The lowest BCUT2D eigenvalue weighted by Crippen LogP contribution is -2.38. The molecular formula is C12H16BrClN2O3. The number of nitrogens with zero attached hydrogens (tertiary/aromatic N) is 1. The van der Waals surface area contributed by atoms with Crippen LogP contribution in [0.5, 0.6) is 5.75 Å². The van der Waals surface area contributed by atoms with Crippen molar-refractivity contribution in [1.29, 1.82) is 0 Å². The zero-order valence-electron chi connectivity index (χ0n) is 10.3. The molecule has 0 bridgehead atoms. The lowest BCUT2D eigenvalue weighted by Gasteiger charge is -2.23. The lowest BCUT2D eigenvalue weighted by molar-refractivity contribution is -0.385. The summed E-state index contributed by atoms with van der Waals surface area (Å²) < 4.78 is 6.30. The highest BCUT2D eigenvalue weighted by Gasteiger charge is 2.15. The summed E-state index contributed by atoms with van der Waals surface area (Å²) in [6, 6.07) is 4.92. The first-order valence-corrected chi connectivity index (χ1v) is 6.76. The zero-order chi connectivity index (χ0) is 13.0. The van der Waals surface area contributed by atoms with Crippen LogP contribution in [0.25, 0.3) is 0 Å². The fraction of sp³-hybridized carbons (Fsp3) is 0.500. The molecule has 1 saturated heterocycles. The van der Waals surface area contributed by atoms with Gasteiger partial charge in [0.2, 0.25) is 0 Å². The standard InChI is InChI=1S/C12H15BrN2O3.ClH/c13-11-7-10(15(16)17)4-5-12(11)18-8-9-3-1-2-6-14-9;/h4-5,7,9,14H,1-3,6,8H2;1H. The summed E-state index contributed by atoms with van der Waals surface area (Å²) in [5, 5.41) is 14.0. The molecule has 5 nitrogen and oxygen atoms in total. The Labute approximate surface area is 126 Å². The van der Waals surface area contributed by atoms with Crippen molar-refractivity contribution in [3.05, 3.63) is 32.8 Å². The number of hydrogen-bond acceptors (Lipinski definition) is 4. The van der Waals surface area contributed by atoms with Gasteiger partial charge in [-0.1, -0.05) is 6.42 Å². The van der Waals surface area contributed by atoms with Crippen molar-refractivity contribution in [3.63, 3.8) is 0 Å². The lowest BCUT2D eigenvalue weighted by atomic mass is 10.1. The minimum atomic E-state index is -0.419. The monoisotopic (exact) mass is 350 g/mol. The van der Waals surface area contributed by atoms with Gasteiger partial charge in [-0.05, 0) is 41.4 Å². The summed E-state index contributed by atoms with van der Waals surface area (Å²) in [6.07, 6.45) is 3.56. The van der Waals surface area contributed by atoms with Crippen LogP contribution in [-0.4, -0.2) is 24.1 Å². The molecule has 1 aliphatic rings. The molecule has 2 rings (SSSR count). The van der Waals surface area contributed by atoms with Crippen LogP contribution in [-0.2, 0) is 0 Å². The van der Waals surface area contributed by atoms with Crippen LogP contribution in [0.3, 0.4) is 0 Å². The maximum absolute atomic E-state index is 10.6. The fourth-order valence-corrected chi connectivity index (χ4v) is 2.46. The number of nitrogens with one attached hydrogen (secondary N) is 1. The first-order chi connectivity index (χ1) is 8.66. The van der Waals surface area contributed by atoms with E-state index in [1.165, 1.54) is 25.0 Å². The Balaban J connectivity index is 0.00000180. The van der Waals surface area contributed by atoms with Gasteiger partial charge in [0.1, 0.15) is 12.4 Å². The number of rotatable bonds is 4. The molecule has 0 aliphatic carbocycles. The van der Waals surface area contributed by atoms with Gasteiger partial charge in [-0.15, -0.1) is 12.4 Å². The molecule has 0 amide bonds. The summed E-state index contributed by atoms with van der Waals surface area (Å²) in [5.41, 5.74) is 0.0602. The molecule has 1 aromatic rings. The van der Waals surface area contributed by atoms with Crippen LogP contribution in [0, 0.1) is 10.1 Å². The van der Waals surface area contributed by atoms with Crippen molar-refractivity contribution in [2.24, 2.45) is 0 Å². The minimum absolute atomic E-state index is 0. The van der Waals surface area contributed by atoms with Gasteiger partial charge in [0.25, 0.3) is 5.69 Å². The van der Waals surface area contributed by atoms with Gasteiger partial charge in [0.05, 0.1) is 9.40 Å². The molecule has 0 radical (unpaired) electrons. The molecule has 1 N–H and O–H groups in total. The van der Waals surface area contributed by atoms with E-state index in [-0.39, 0.29) is 18.1 Å². The zero-order valence-corrected chi connectivity index (χ0v) is 12.7. The molecule has 1 heterocycles. The number of hydrogen-bond donors (Lipinski definition) is 1. The Bertz CT molecular complexity index is 439. The second-order valence-corrected chi connectivity index (χ2v) is 5.18. The fourth-order valence-electron chi connectivity index (χ4n) is 1.98. The van der Waals surface area contributed by atoms with Crippen molar-refractivity contribution in [3.8, 4) is 5.75 Å². The normalized spacial score (nSPS) is 18.5. The molecule has 0 spiro atoms. The Morgan fingerprint density at radius 3 is 2.84 bits per heavy atom. The quantitative estimate of drug-likeness (QED) is 0.668. The molecule has 1 aromatic carbocycles. The van der Waals surface area contributed by atoms with Crippen LogP contribution in [0.1, 0.15) is 19.3 Å². The molecule has 0 saturated carbocycles. The number of non-ortho nitro benzene ring substituents is 1. The highest BCUT2D eigenvalue weighted by molar-refractivity contribution is 9.10. The number of nitro groups is 1. The van der Waals surface area contributed by atoms with Crippen LogP contribution in [0.4, 0.5) is 5.69 Å². The summed E-state index contributed by atoms with van der Waals surface area (Å²) >= 11 is 3.29. The molecule has 1 unspecified atom stereocenters. The third-order valence-corrected chi connectivity index (χ3v) is 3.60. The molecular weight excluding hydrogens is 335 g/mol. The summed E-state index contributed by atoms with van der Waals surface area (Å²) in [6.45, 7) is 1.63. The van der Waals surface area contributed by atoms with Gasteiger partial charge in [-0.2, -0.15) is 0 Å². The van der Waals surface area contributed by atoms with E-state index in [2.05, 4.69) is 21.2 Å². The van der Waals surface area contributed by atoms with E-state index in [9.17, 15) is 10.1 Å². The van der Waals surface area contributed by atoms with Crippen molar-refractivity contribution < 1.29 is 9.66 Å². The minimum Gasteiger partial charge on any atom is -0.491 e. The predicted octanol–water partition coefficient (Wildman–Crippen LogP) is 3.30. The van der Waals surface area contributed by atoms with E-state index in [1.54, 1.807) is 6.07 Å². The largest absolute Gasteiger partial charge is 0.491 e. The Hall–Kier alpha value is -0.850. The number of benzene rings is 1. The third kappa shape index (κ3) is 4.63. The predicted molar refractivity (Wildman–Crippen MR) is 79.2 cm³/mol. The smallest absolute Gasteiger partial charge is 0.270 e. The second kappa shape index (κ2) is 7.67. The maximum Gasteiger partial charge on any atom is 0.270 e. The molecule has 19 heavy (non-hydrogen) atoms. The van der Waals surface area contributed by atoms with E-state index >= 15 is 0 Å². The highest BCUT2D eigenvalue weighted by atomic mass is 79.9. The first kappa shape index (κ1) is 16.2. The molecule has 1 atom stereocenters. The van der Waals surface area contributed by atoms with Gasteiger partial charge >= 0.3 is 0 Å². The van der Waals surface area contributed by atoms with Crippen LogP contribution in [0.15, 0.2) is 22.7 Å². The molecule has 106 valence electrons. The maximum atomic E-state index is 10.6. The van der Waals surface area contributed by atoms with Gasteiger partial charge in [0.15, 0.2) is 0 Å². The van der Waals surface area contributed by atoms with Gasteiger partial charge in [-0.3, -0.25) is 10.1 Å². The molecule has 1 fully saturated rings. The third-order valence-electron chi connectivity index (χ3n) is 2.98. The summed E-state index contributed by atoms with van der Waals surface area (Å²) in [5.74, 6) is 0.646. The Kier molecular flexibility index (Phi) is 6.54. The second-order valence-electron chi connectivity index (χ2n) is 4.33. The van der Waals surface area contributed by atoms with Crippen molar-refractivity contribution in [2.45, 2.75) is 25.3 Å². The van der Waals surface area contributed by atoms with E-state index in [4.69, 9.17) is 4.74 Å². The van der Waals surface area contributed by atoms with Gasteiger partial charge in [-0.25, -0.2) is 0 Å². The van der Waals surface area contributed by atoms with Crippen LogP contribution >= 0.6 is 28.3 Å². The number of nitro benzene ring substituents is 1. The average molecular weight is 352 g/mol. The SMILES string of the molecule is Cl.O=[N+]([O-])c1ccc(OCC2CCCCN2)c(Br)c1. The molecule has 7 heteroatoms. The number of ether oxygens (including phenoxy) is 1. The van der Waals surface area contributed by atoms with Gasteiger partial charge in [0, 0.05) is 18.2 Å². The summed E-state index contributed by atoms with van der Waals surface area (Å²) in [4.78, 5) is 10.2. The van der Waals surface area contributed by atoms with E-state index in [0.717, 1.165) is 13.0 Å².